The summed E-state index contributed by atoms with van der Waals surface area (Å²) in [6, 6.07) is 10.1. The van der Waals surface area contributed by atoms with Crippen molar-refractivity contribution in [3.8, 4) is 0 Å². The maximum absolute atomic E-state index is 6.16. The Morgan fingerprint density at radius 1 is 1.16 bits per heavy atom. The van der Waals surface area contributed by atoms with Gasteiger partial charge in [0, 0.05) is 18.0 Å². The fraction of sp³-hybridized carbons (Fsp3) is 0.647. The summed E-state index contributed by atoms with van der Waals surface area (Å²) in [4.78, 5) is 2.67. The van der Waals surface area contributed by atoms with Crippen LogP contribution in [0.2, 0.25) is 0 Å². The Balaban J connectivity index is 1.74. The van der Waals surface area contributed by atoms with E-state index in [0.717, 1.165) is 19.0 Å². The average Bonchev–Trinajstić information content (AvgIpc) is 3.32. The van der Waals surface area contributed by atoms with Crippen molar-refractivity contribution < 1.29 is 0 Å². The largest absolute Gasteiger partial charge is 0.330 e. The number of hydrogen-bond donors (Lipinski definition) is 1. The third-order valence-electron chi connectivity index (χ3n) is 5.18. The van der Waals surface area contributed by atoms with E-state index < -0.39 is 0 Å². The van der Waals surface area contributed by atoms with E-state index in [0.29, 0.717) is 0 Å². The van der Waals surface area contributed by atoms with Crippen LogP contribution in [-0.2, 0) is 11.8 Å². The van der Waals surface area contributed by atoms with Crippen molar-refractivity contribution in [1.29, 1.82) is 0 Å². The molecule has 0 bridgehead atoms. The molecule has 1 aromatic carbocycles. The van der Waals surface area contributed by atoms with Gasteiger partial charge in [0.25, 0.3) is 0 Å². The van der Waals surface area contributed by atoms with Crippen molar-refractivity contribution in [1.82, 2.24) is 4.90 Å². The maximum Gasteiger partial charge on any atom is 0.00998 e. The Morgan fingerprint density at radius 3 is 2.26 bits per heavy atom. The molecule has 0 atom stereocenters. The van der Waals surface area contributed by atoms with Crippen LogP contribution in [0.15, 0.2) is 24.3 Å². The fourth-order valence-corrected chi connectivity index (χ4v) is 3.46. The second kappa shape index (κ2) is 5.26. The number of rotatable bonds is 4. The lowest BCUT2D eigenvalue weighted by Crippen LogP contribution is -2.47. The molecule has 0 aromatic heterocycles. The van der Waals surface area contributed by atoms with Crippen LogP contribution in [-0.4, -0.2) is 30.6 Å². The van der Waals surface area contributed by atoms with Crippen LogP contribution >= 0.6 is 0 Å². The summed E-state index contributed by atoms with van der Waals surface area (Å²) < 4.78 is 0. The molecular weight excluding hydrogens is 232 g/mol. The van der Waals surface area contributed by atoms with E-state index in [1.807, 2.05) is 0 Å². The third-order valence-corrected chi connectivity index (χ3v) is 5.18. The summed E-state index contributed by atoms with van der Waals surface area (Å²) in [5, 5.41) is 0. The molecule has 2 nitrogen and oxygen atoms in total. The van der Waals surface area contributed by atoms with Gasteiger partial charge in [0.15, 0.2) is 0 Å². The highest BCUT2D eigenvalue weighted by Gasteiger charge is 2.39. The molecule has 2 heteroatoms. The normalized spacial score (nSPS) is 23.5. The van der Waals surface area contributed by atoms with Gasteiger partial charge in [0.2, 0.25) is 0 Å². The Hall–Kier alpha value is -0.860. The van der Waals surface area contributed by atoms with Gasteiger partial charge in [0.1, 0.15) is 0 Å². The van der Waals surface area contributed by atoms with Crippen molar-refractivity contribution in [2.75, 3.05) is 19.6 Å². The minimum Gasteiger partial charge on any atom is -0.330 e. The van der Waals surface area contributed by atoms with Gasteiger partial charge in [-0.3, -0.25) is 0 Å². The molecule has 1 heterocycles. The highest BCUT2D eigenvalue weighted by molar-refractivity contribution is 5.30. The zero-order valence-electron chi connectivity index (χ0n) is 12.1. The molecule has 1 aliphatic carbocycles. The zero-order valence-corrected chi connectivity index (χ0v) is 12.1. The zero-order chi connectivity index (χ0) is 13.3. The number of hydrogen-bond acceptors (Lipinski definition) is 2. The first-order chi connectivity index (χ1) is 9.27. The molecule has 1 aromatic rings. The lowest BCUT2D eigenvalue weighted by Gasteiger charge is -2.42. The van der Waals surface area contributed by atoms with Crippen LogP contribution in [0.25, 0.3) is 0 Å². The number of piperidine rings is 1. The van der Waals surface area contributed by atoms with E-state index in [9.17, 15) is 0 Å². The molecule has 2 N–H and O–H groups in total. The van der Waals surface area contributed by atoms with Crippen LogP contribution in [0.3, 0.4) is 0 Å². The minimum absolute atomic E-state index is 0.234. The molecule has 2 fully saturated rings. The Kier molecular flexibility index (Phi) is 3.64. The molecule has 19 heavy (non-hydrogen) atoms. The lowest BCUT2D eigenvalue weighted by atomic mass is 9.72. The van der Waals surface area contributed by atoms with Gasteiger partial charge in [0.05, 0.1) is 0 Å². The highest BCUT2D eigenvalue weighted by atomic mass is 15.2. The third kappa shape index (κ3) is 2.56. The molecule has 0 unspecified atom stereocenters. The quantitative estimate of drug-likeness (QED) is 0.899. The van der Waals surface area contributed by atoms with Crippen LogP contribution < -0.4 is 5.73 Å². The van der Waals surface area contributed by atoms with Crippen LogP contribution in [0.1, 0.15) is 43.7 Å². The average molecular weight is 258 g/mol. The van der Waals surface area contributed by atoms with E-state index in [-0.39, 0.29) is 5.41 Å². The Morgan fingerprint density at radius 2 is 1.79 bits per heavy atom. The fourth-order valence-electron chi connectivity index (χ4n) is 3.46. The first-order valence-electron chi connectivity index (χ1n) is 7.81. The van der Waals surface area contributed by atoms with Crippen molar-refractivity contribution in [2.24, 2.45) is 5.73 Å². The van der Waals surface area contributed by atoms with E-state index >= 15 is 0 Å². The topological polar surface area (TPSA) is 29.3 Å². The van der Waals surface area contributed by atoms with E-state index in [4.69, 9.17) is 5.73 Å². The van der Waals surface area contributed by atoms with Gasteiger partial charge < -0.3 is 10.6 Å². The summed E-state index contributed by atoms with van der Waals surface area (Å²) in [5.74, 6) is 0. The second-order valence-electron chi connectivity index (χ2n) is 6.30. The van der Waals surface area contributed by atoms with Gasteiger partial charge in [-0.1, -0.05) is 31.2 Å². The second-order valence-corrected chi connectivity index (χ2v) is 6.30. The molecule has 0 amide bonds. The summed E-state index contributed by atoms with van der Waals surface area (Å²) in [6.45, 7) is 5.47. The number of benzene rings is 1. The van der Waals surface area contributed by atoms with Gasteiger partial charge in [-0.05, 0) is 56.3 Å². The summed E-state index contributed by atoms with van der Waals surface area (Å²) in [6.07, 6.45) is 6.41. The smallest absolute Gasteiger partial charge is 0.00998 e. The van der Waals surface area contributed by atoms with E-state index in [1.165, 1.54) is 49.9 Å². The first kappa shape index (κ1) is 13.1. The van der Waals surface area contributed by atoms with Crippen LogP contribution in [0.5, 0.6) is 0 Å². The molecule has 1 saturated carbocycles. The molecule has 3 rings (SSSR count). The highest BCUT2D eigenvalue weighted by Crippen LogP contribution is 2.38. The molecule has 0 radical (unpaired) electrons. The van der Waals surface area contributed by atoms with Crippen molar-refractivity contribution in [2.45, 2.75) is 50.5 Å². The summed E-state index contributed by atoms with van der Waals surface area (Å²) >= 11 is 0. The van der Waals surface area contributed by atoms with Gasteiger partial charge in [-0.15, -0.1) is 0 Å². The van der Waals surface area contributed by atoms with Crippen molar-refractivity contribution in [3.63, 3.8) is 0 Å². The minimum atomic E-state index is 0.234. The monoisotopic (exact) mass is 258 g/mol. The standard InChI is InChI=1S/C17H26N2/c1-2-14-3-5-15(6-4-14)17(13-18)9-11-19(12-10-17)16-7-8-16/h3-6,16H,2,7-13,18H2,1H3. The molecule has 1 aliphatic heterocycles. The Labute approximate surface area is 117 Å². The predicted molar refractivity (Wildman–Crippen MR) is 80.4 cm³/mol. The van der Waals surface area contributed by atoms with Gasteiger partial charge >= 0.3 is 0 Å². The summed E-state index contributed by atoms with van der Waals surface area (Å²) in [7, 11) is 0. The number of aryl methyl sites for hydroxylation is 1. The van der Waals surface area contributed by atoms with Crippen molar-refractivity contribution >= 4 is 0 Å². The maximum atomic E-state index is 6.16. The Bertz CT molecular complexity index is 411. The van der Waals surface area contributed by atoms with Gasteiger partial charge in [-0.25, -0.2) is 0 Å². The number of likely N-dealkylation sites (tertiary alicyclic amines) is 1. The molecule has 2 aliphatic rings. The molecular formula is C17H26N2. The number of nitrogens with two attached hydrogens (primary N) is 1. The van der Waals surface area contributed by atoms with Crippen LogP contribution in [0, 0.1) is 0 Å². The van der Waals surface area contributed by atoms with Crippen molar-refractivity contribution in [3.05, 3.63) is 35.4 Å². The molecule has 104 valence electrons. The SMILES string of the molecule is CCc1ccc(C2(CN)CCN(C3CC3)CC2)cc1. The first-order valence-corrected chi connectivity index (χ1v) is 7.81. The van der Waals surface area contributed by atoms with E-state index in [2.05, 4.69) is 36.1 Å². The lowest BCUT2D eigenvalue weighted by molar-refractivity contribution is 0.155. The van der Waals surface area contributed by atoms with Crippen LogP contribution in [0.4, 0.5) is 0 Å². The summed E-state index contributed by atoms with van der Waals surface area (Å²) in [5.41, 5.74) is 9.28. The van der Waals surface area contributed by atoms with Gasteiger partial charge in [-0.2, -0.15) is 0 Å². The predicted octanol–water partition coefficient (Wildman–Crippen LogP) is 2.70. The number of nitrogens with zero attached hydrogens (tertiary/aromatic N) is 1. The van der Waals surface area contributed by atoms with E-state index in [1.54, 1.807) is 0 Å². The molecule has 1 saturated heterocycles. The molecule has 0 spiro atoms.